The van der Waals surface area contributed by atoms with E-state index in [0.717, 1.165) is 48.6 Å². The standard InChI is InChI=1S/C19H20N4O/c24-19(16-12-22-17-6-2-1-5-15(16)17)21-11-9-14-8-7-13-4-3-10-20-18(13)23-14/h1-2,5-8,12,16H,3-4,9-11H2,(H,20,23)(H,21,24). The van der Waals surface area contributed by atoms with E-state index >= 15 is 0 Å². The number of para-hydroxylation sites is 1. The Balaban J connectivity index is 1.35. The lowest BCUT2D eigenvalue weighted by Gasteiger charge is -2.17. The van der Waals surface area contributed by atoms with E-state index in [9.17, 15) is 4.79 Å². The monoisotopic (exact) mass is 320 g/mol. The Labute approximate surface area is 141 Å². The summed E-state index contributed by atoms with van der Waals surface area (Å²) in [7, 11) is 0. The van der Waals surface area contributed by atoms with Crippen molar-refractivity contribution in [3.05, 3.63) is 53.2 Å². The molecule has 1 atom stereocenters. The van der Waals surface area contributed by atoms with Gasteiger partial charge < -0.3 is 10.6 Å². The van der Waals surface area contributed by atoms with Crippen LogP contribution >= 0.6 is 0 Å². The molecule has 0 spiro atoms. The summed E-state index contributed by atoms with van der Waals surface area (Å²) in [5.41, 5.74) is 4.16. The average molecular weight is 320 g/mol. The summed E-state index contributed by atoms with van der Waals surface area (Å²) in [4.78, 5) is 21.4. The lowest BCUT2D eigenvalue weighted by atomic mass is 10.0. The van der Waals surface area contributed by atoms with Gasteiger partial charge in [-0.1, -0.05) is 24.3 Å². The molecule has 0 fully saturated rings. The van der Waals surface area contributed by atoms with Gasteiger partial charge in [-0.2, -0.15) is 0 Å². The van der Waals surface area contributed by atoms with Crippen LogP contribution in [-0.2, 0) is 17.6 Å². The van der Waals surface area contributed by atoms with Crippen molar-refractivity contribution in [1.82, 2.24) is 10.3 Å². The van der Waals surface area contributed by atoms with Gasteiger partial charge in [0.2, 0.25) is 5.91 Å². The van der Waals surface area contributed by atoms with Gasteiger partial charge in [-0.05, 0) is 36.1 Å². The number of amides is 1. The number of nitrogens with one attached hydrogen (secondary N) is 2. The Morgan fingerprint density at radius 3 is 3.12 bits per heavy atom. The molecule has 0 saturated carbocycles. The Morgan fingerprint density at radius 1 is 1.25 bits per heavy atom. The molecule has 24 heavy (non-hydrogen) atoms. The molecule has 1 amide bonds. The fourth-order valence-corrected chi connectivity index (χ4v) is 3.24. The number of anilines is 1. The quantitative estimate of drug-likeness (QED) is 0.910. The molecule has 5 nitrogen and oxygen atoms in total. The summed E-state index contributed by atoms with van der Waals surface area (Å²) in [6, 6.07) is 12.0. The zero-order valence-electron chi connectivity index (χ0n) is 13.5. The van der Waals surface area contributed by atoms with E-state index in [1.54, 1.807) is 6.21 Å². The first kappa shape index (κ1) is 14.9. The first-order valence-electron chi connectivity index (χ1n) is 8.45. The zero-order valence-corrected chi connectivity index (χ0v) is 13.5. The zero-order chi connectivity index (χ0) is 16.4. The van der Waals surface area contributed by atoms with Crippen LogP contribution in [-0.4, -0.2) is 30.2 Å². The highest BCUT2D eigenvalue weighted by molar-refractivity contribution is 6.03. The predicted molar refractivity (Wildman–Crippen MR) is 95.1 cm³/mol. The normalized spacial score (nSPS) is 17.8. The van der Waals surface area contributed by atoms with E-state index in [0.29, 0.717) is 6.54 Å². The van der Waals surface area contributed by atoms with Crippen molar-refractivity contribution < 1.29 is 4.79 Å². The number of benzene rings is 1. The first-order chi connectivity index (χ1) is 11.8. The third-order valence-electron chi connectivity index (χ3n) is 4.55. The van der Waals surface area contributed by atoms with Gasteiger partial charge in [0.25, 0.3) is 0 Å². The molecule has 0 saturated heterocycles. The number of aryl methyl sites for hydroxylation is 1. The second-order valence-electron chi connectivity index (χ2n) is 6.20. The third kappa shape index (κ3) is 2.89. The number of pyridine rings is 1. The number of rotatable bonds is 4. The minimum absolute atomic E-state index is 0.000199. The molecular formula is C19H20N4O. The number of aliphatic imine (C=N–C) groups is 1. The number of carbonyl (C=O) groups excluding carboxylic acids is 1. The van der Waals surface area contributed by atoms with Gasteiger partial charge in [0.15, 0.2) is 0 Å². The highest BCUT2D eigenvalue weighted by Crippen LogP contribution is 2.31. The molecule has 4 rings (SSSR count). The summed E-state index contributed by atoms with van der Waals surface area (Å²) in [6.45, 7) is 1.57. The van der Waals surface area contributed by atoms with Crippen molar-refractivity contribution in [1.29, 1.82) is 0 Å². The summed E-state index contributed by atoms with van der Waals surface area (Å²) < 4.78 is 0. The van der Waals surface area contributed by atoms with Crippen LogP contribution in [0.2, 0.25) is 0 Å². The molecule has 1 aromatic carbocycles. The van der Waals surface area contributed by atoms with Crippen molar-refractivity contribution in [3.8, 4) is 0 Å². The van der Waals surface area contributed by atoms with E-state index < -0.39 is 0 Å². The minimum atomic E-state index is -0.278. The summed E-state index contributed by atoms with van der Waals surface area (Å²) >= 11 is 0. The molecule has 1 unspecified atom stereocenters. The van der Waals surface area contributed by atoms with Crippen molar-refractivity contribution in [2.45, 2.75) is 25.2 Å². The predicted octanol–water partition coefficient (Wildman–Crippen LogP) is 2.60. The molecule has 2 N–H and O–H groups in total. The van der Waals surface area contributed by atoms with Crippen LogP contribution in [0.4, 0.5) is 11.5 Å². The fourth-order valence-electron chi connectivity index (χ4n) is 3.24. The Morgan fingerprint density at radius 2 is 2.17 bits per heavy atom. The summed E-state index contributed by atoms with van der Waals surface area (Å²) in [5, 5.41) is 6.35. The first-order valence-corrected chi connectivity index (χ1v) is 8.45. The molecule has 0 radical (unpaired) electrons. The van der Waals surface area contributed by atoms with Gasteiger partial charge in [-0.15, -0.1) is 0 Å². The van der Waals surface area contributed by atoms with Crippen LogP contribution in [0.15, 0.2) is 41.4 Å². The highest BCUT2D eigenvalue weighted by Gasteiger charge is 2.24. The van der Waals surface area contributed by atoms with Gasteiger partial charge in [-0.25, -0.2) is 4.98 Å². The largest absolute Gasteiger partial charge is 0.370 e. The maximum absolute atomic E-state index is 12.4. The van der Waals surface area contributed by atoms with Crippen LogP contribution in [0.1, 0.15) is 29.2 Å². The topological polar surface area (TPSA) is 66.4 Å². The van der Waals surface area contributed by atoms with E-state index in [1.807, 2.05) is 24.3 Å². The number of hydrogen-bond acceptors (Lipinski definition) is 4. The van der Waals surface area contributed by atoms with E-state index in [1.165, 1.54) is 5.56 Å². The third-order valence-corrected chi connectivity index (χ3v) is 4.55. The van der Waals surface area contributed by atoms with Crippen molar-refractivity contribution in [3.63, 3.8) is 0 Å². The average Bonchev–Trinajstić information content (AvgIpc) is 3.06. The van der Waals surface area contributed by atoms with Crippen molar-refractivity contribution >= 4 is 23.6 Å². The highest BCUT2D eigenvalue weighted by atomic mass is 16.1. The summed E-state index contributed by atoms with van der Waals surface area (Å²) in [6.07, 6.45) is 4.70. The van der Waals surface area contributed by atoms with Crippen molar-refractivity contribution in [2.75, 3.05) is 18.4 Å². The number of nitrogens with zero attached hydrogens (tertiary/aromatic N) is 2. The van der Waals surface area contributed by atoms with Crippen LogP contribution in [0.3, 0.4) is 0 Å². The maximum Gasteiger partial charge on any atom is 0.233 e. The van der Waals surface area contributed by atoms with Crippen LogP contribution in [0, 0.1) is 0 Å². The SMILES string of the molecule is O=C(NCCc1ccc2c(n1)NCCC2)C1C=Nc2ccccc21. The van der Waals surface area contributed by atoms with Crippen molar-refractivity contribution in [2.24, 2.45) is 4.99 Å². The van der Waals surface area contributed by atoms with Gasteiger partial charge in [0.05, 0.1) is 5.69 Å². The van der Waals surface area contributed by atoms with Crippen LogP contribution in [0.25, 0.3) is 0 Å². The Bertz CT molecular complexity index is 800. The second kappa shape index (κ2) is 6.43. The Hall–Kier alpha value is -2.69. The second-order valence-corrected chi connectivity index (χ2v) is 6.20. The molecule has 2 aromatic rings. The molecule has 2 aliphatic heterocycles. The van der Waals surface area contributed by atoms with Gasteiger partial charge in [-0.3, -0.25) is 9.79 Å². The minimum Gasteiger partial charge on any atom is -0.370 e. The van der Waals surface area contributed by atoms with Gasteiger partial charge in [0.1, 0.15) is 11.7 Å². The molecule has 0 bridgehead atoms. The molecule has 2 aliphatic rings. The number of aromatic nitrogens is 1. The molecule has 122 valence electrons. The molecular weight excluding hydrogens is 300 g/mol. The van der Waals surface area contributed by atoms with Crippen LogP contribution < -0.4 is 10.6 Å². The summed E-state index contributed by atoms with van der Waals surface area (Å²) in [5.74, 6) is 0.723. The lowest BCUT2D eigenvalue weighted by molar-refractivity contribution is -0.120. The lowest BCUT2D eigenvalue weighted by Crippen LogP contribution is -2.31. The Kier molecular flexibility index (Phi) is 3.99. The number of fused-ring (bicyclic) bond motifs is 2. The smallest absolute Gasteiger partial charge is 0.233 e. The maximum atomic E-state index is 12.4. The van der Waals surface area contributed by atoms with E-state index in [-0.39, 0.29) is 11.8 Å². The number of hydrogen-bond donors (Lipinski definition) is 2. The molecule has 3 heterocycles. The van der Waals surface area contributed by atoms with Gasteiger partial charge in [0, 0.05) is 31.4 Å². The van der Waals surface area contributed by atoms with Crippen LogP contribution in [0.5, 0.6) is 0 Å². The molecule has 5 heteroatoms. The van der Waals surface area contributed by atoms with E-state index in [2.05, 4.69) is 32.7 Å². The number of carbonyl (C=O) groups is 1. The van der Waals surface area contributed by atoms with E-state index in [4.69, 9.17) is 0 Å². The molecule has 1 aromatic heterocycles. The fraction of sp³-hybridized carbons (Fsp3) is 0.316. The van der Waals surface area contributed by atoms with Gasteiger partial charge >= 0.3 is 0 Å². The molecule has 0 aliphatic carbocycles.